The van der Waals surface area contributed by atoms with Crippen molar-refractivity contribution in [2.24, 2.45) is 20.5 Å². The first-order valence-corrected chi connectivity index (χ1v) is 35.1. The van der Waals surface area contributed by atoms with Gasteiger partial charge in [-0.2, -0.15) is 10.5 Å². The molecule has 0 aliphatic rings. The standard InChI is InChI=1S/C38H33N11O6S3.C34H36N10.2Na/c1-19-16-22(4)32(57(50,51)52)24(6)29(19)44-34-30(46-47-37-45-35(40-8)36(41-9)48(37)15-14-39)20(2)18-28(43-34)49(38-42-26-12-10-11-13-27(26)56-38)31-21(3)17-23(5)33(25(31)7)58(53,54)55;1-11-12-13-44-33(37-10)32(36-9)41-34(44)43-42-29-25(8)26(18-35)30(38-27-21(4)14-19(2)15-22(27)5)40-31(29)39-28-23(6)16-20(3)17-24(28)7;;/h10-13,16-18H,15H2,1-7H3,(H,43,44)(H,50,51,52)(H,53,54,55);14-17H,11-13H2,1-8H3,(H2,38,39,40);;/q;;2*+1/p-2. The van der Waals surface area contributed by atoms with Gasteiger partial charge in [0.15, 0.2) is 29.1 Å². The average molecular weight is 1460 g/mol. The van der Waals surface area contributed by atoms with Crippen molar-refractivity contribution < 1.29 is 85.1 Å². The van der Waals surface area contributed by atoms with Gasteiger partial charge >= 0.3 is 71.0 Å². The second-order valence-electron chi connectivity index (χ2n) is 24.3. The van der Waals surface area contributed by atoms with E-state index in [1.54, 1.807) is 42.4 Å². The van der Waals surface area contributed by atoms with E-state index >= 15 is 0 Å². The van der Waals surface area contributed by atoms with Crippen LogP contribution in [0.1, 0.15) is 103 Å². The fraction of sp³-hybridized carbons (Fsp3) is 0.264. The minimum absolute atomic E-state index is 0. The topological polar surface area (TPSA) is 342 Å². The van der Waals surface area contributed by atoms with Gasteiger partial charge in [0.2, 0.25) is 0 Å². The Morgan fingerprint density at radius 2 is 1.03 bits per heavy atom. The predicted molar refractivity (Wildman–Crippen MR) is 391 cm³/mol. The molecule has 0 saturated heterocycles. The van der Waals surface area contributed by atoms with Crippen molar-refractivity contribution in [1.29, 1.82) is 10.5 Å². The maximum atomic E-state index is 12.7. The van der Waals surface area contributed by atoms with Gasteiger partial charge in [-0.05, 0) is 183 Å². The number of nitrogens with one attached hydrogen (secondary N) is 3. The van der Waals surface area contributed by atoms with Crippen LogP contribution in [0.2, 0.25) is 0 Å². The second-order valence-corrected chi connectivity index (χ2v) is 27.9. The number of nitriles is 2. The monoisotopic (exact) mass is 1460 g/mol. The molecule has 0 saturated carbocycles. The molecule has 0 amide bonds. The predicted octanol–water partition coefficient (Wildman–Crippen LogP) is 13.2. The fourth-order valence-electron chi connectivity index (χ4n) is 12.4. The van der Waals surface area contributed by atoms with Crippen LogP contribution in [0, 0.1) is 146 Å². The number of hydrogen-bond acceptors (Lipinski definition) is 22. The molecule has 0 fully saturated rings. The van der Waals surface area contributed by atoms with E-state index in [-0.39, 0.29) is 146 Å². The van der Waals surface area contributed by atoms with Crippen molar-refractivity contribution in [1.82, 2.24) is 34.1 Å². The molecule has 0 aliphatic carbocycles. The Morgan fingerprint density at radius 3 is 1.54 bits per heavy atom. The van der Waals surface area contributed by atoms with Gasteiger partial charge in [0.25, 0.3) is 23.3 Å². The van der Waals surface area contributed by atoms with Gasteiger partial charge < -0.3 is 44.4 Å². The fourth-order valence-corrected chi connectivity index (χ4v) is 15.2. The third kappa shape index (κ3) is 16.9. The number of benzene rings is 5. The number of thiazole rings is 1. The number of aromatic nitrogens is 7. The van der Waals surface area contributed by atoms with Gasteiger partial charge in [-0.3, -0.25) is 4.90 Å². The van der Waals surface area contributed by atoms with Gasteiger partial charge in [-0.1, -0.05) is 131 Å². The molecule has 10 aromatic rings. The van der Waals surface area contributed by atoms with Gasteiger partial charge in [0.05, 0.1) is 37.8 Å². The zero-order valence-corrected chi connectivity index (χ0v) is 66.9. The second kappa shape index (κ2) is 33.5. The van der Waals surface area contributed by atoms with Crippen LogP contribution in [0.25, 0.3) is 29.6 Å². The summed E-state index contributed by atoms with van der Waals surface area (Å²) in [4.78, 5) is 37.5. The van der Waals surface area contributed by atoms with Crippen LogP contribution in [0.3, 0.4) is 0 Å². The zero-order valence-electron chi connectivity index (χ0n) is 60.4. The number of hydrogen-bond donors (Lipinski definition) is 3. The summed E-state index contributed by atoms with van der Waals surface area (Å²) in [5, 5.41) is 47.9. The van der Waals surface area contributed by atoms with Crippen molar-refractivity contribution in [3.8, 4) is 12.1 Å². The van der Waals surface area contributed by atoms with Crippen molar-refractivity contribution >= 4 is 139 Å². The molecule has 3 N–H and O–H groups in total. The van der Waals surface area contributed by atoms with Crippen LogP contribution in [-0.2, 0) is 33.3 Å². The zero-order chi connectivity index (χ0) is 74.6. The molecule has 5 aromatic heterocycles. The van der Waals surface area contributed by atoms with E-state index in [0.29, 0.717) is 68.0 Å². The third-order valence-electron chi connectivity index (χ3n) is 16.6. The Bertz CT molecular complexity index is 5620. The first-order chi connectivity index (χ1) is 48.3. The Kier molecular flexibility index (Phi) is 26.2. The Morgan fingerprint density at radius 1 is 0.548 bits per heavy atom. The number of para-hydroxylation sites is 1. The molecular formula is C72H67N21Na2O6S3. The van der Waals surface area contributed by atoms with Gasteiger partial charge in [-0.15, -0.1) is 10.2 Å². The summed E-state index contributed by atoms with van der Waals surface area (Å²) in [5.41, 5.74) is 13.0. The molecule has 10 rings (SSSR count). The minimum atomic E-state index is -4.96. The normalized spacial score (nSPS) is 11.1. The van der Waals surface area contributed by atoms with Crippen molar-refractivity contribution in [3.63, 3.8) is 0 Å². The molecule has 516 valence electrons. The van der Waals surface area contributed by atoms with Crippen LogP contribution < -0.4 is 80.0 Å². The van der Waals surface area contributed by atoms with Gasteiger partial charge in [0, 0.05) is 22.6 Å². The number of rotatable bonds is 19. The molecule has 0 atom stereocenters. The van der Waals surface area contributed by atoms with Crippen LogP contribution in [0.15, 0.2) is 97.0 Å². The summed E-state index contributed by atoms with van der Waals surface area (Å²) >= 11 is 1.28. The summed E-state index contributed by atoms with van der Waals surface area (Å²) in [6, 6.07) is 24.7. The van der Waals surface area contributed by atoms with Gasteiger partial charge in [0.1, 0.15) is 49.6 Å². The van der Waals surface area contributed by atoms with Crippen molar-refractivity contribution in [2.75, 3.05) is 20.9 Å². The number of aryl methyl sites for hydroxylation is 11. The van der Waals surface area contributed by atoms with Crippen LogP contribution >= 0.6 is 11.3 Å². The molecule has 0 aliphatic heterocycles. The van der Waals surface area contributed by atoms with Crippen molar-refractivity contribution in [2.45, 2.75) is 140 Å². The van der Waals surface area contributed by atoms with Crippen LogP contribution in [0.5, 0.6) is 0 Å². The largest absolute Gasteiger partial charge is 1.00 e. The molecule has 0 spiro atoms. The number of pyridine rings is 2. The molecular weight excluding hydrogens is 1400 g/mol. The molecule has 27 nitrogen and oxygen atoms in total. The van der Waals surface area contributed by atoms with Crippen LogP contribution in [0.4, 0.5) is 97.7 Å². The summed E-state index contributed by atoms with van der Waals surface area (Å²) in [7, 11) is -9.90. The average Bonchev–Trinajstić information content (AvgIpc) is 1.03. The quantitative estimate of drug-likeness (QED) is 0.0293. The number of imidazole rings is 2. The number of anilines is 9. The van der Waals surface area contributed by atoms with E-state index in [4.69, 9.17) is 41.2 Å². The molecule has 0 bridgehead atoms. The molecule has 104 heavy (non-hydrogen) atoms. The minimum Gasteiger partial charge on any atom is -0.744 e. The number of nitrogens with zero attached hydrogens (tertiary/aromatic N) is 18. The first kappa shape index (κ1) is 81.2. The summed E-state index contributed by atoms with van der Waals surface area (Å²) in [6.45, 7) is 57.5. The smallest absolute Gasteiger partial charge is 0.744 e. The van der Waals surface area contributed by atoms with E-state index in [1.165, 1.54) is 45.1 Å². The molecule has 5 aromatic carbocycles. The molecule has 0 unspecified atom stereocenters. The maximum absolute atomic E-state index is 12.7. The maximum Gasteiger partial charge on any atom is 1.00 e. The molecule has 32 heteroatoms. The van der Waals surface area contributed by atoms with E-state index in [1.807, 2.05) is 71.9 Å². The Labute approximate surface area is 652 Å². The Balaban J connectivity index is 0.000000296. The van der Waals surface area contributed by atoms with E-state index in [2.05, 4.69) is 110 Å². The van der Waals surface area contributed by atoms with Crippen molar-refractivity contribution in [3.05, 3.63) is 196 Å². The van der Waals surface area contributed by atoms with E-state index in [9.17, 15) is 36.5 Å². The first-order valence-electron chi connectivity index (χ1n) is 31.5. The summed E-state index contributed by atoms with van der Waals surface area (Å²) < 4.78 is 79.0. The summed E-state index contributed by atoms with van der Waals surface area (Å²) in [6.07, 6.45) is 1.68. The number of unbranched alkanes of at least 4 members (excludes halogenated alkanes) is 1. The Hall–Kier alpha value is -10.1. The number of azo groups is 2. The van der Waals surface area contributed by atoms with E-state index in [0.717, 1.165) is 66.9 Å². The molecule has 0 radical (unpaired) electrons. The summed E-state index contributed by atoms with van der Waals surface area (Å²) in [5.74, 6) is 0.537. The number of fused-ring (bicyclic) bond motifs is 1. The molecule has 5 heterocycles. The third-order valence-corrected chi connectivity index (χ3v) is 19.9. The SMILES string of the molecule is [C-]#[N+]c1nc(N=Nc2c(C)cc(N(c3nc4ccccc4s3)c3c(C)cc(C)c(S(=O)(=O)[O-])c3C)nc2Nc2c(C)cc(C)c(S(=O)(=O)[O-])c2C)n(CC#N)c1[N+]#[C-].[C-]#[N+]c1nc(N=Nc2c(Nc3c(C)cc(C)cc3C)nc(Nc3c(C)cc(C)cc3C)c(C#N)c2C)n(CCCC)c1[N+]#[C-].[Na+].[Na+]. The van der Waals surface area contributed by atoms with Gasteiger partial charge in [-0.25, -0.2) is 40.9 Å². The van der Waals surface area contributed by atoms with E-state index < -0.39 is 30.0 Å². The van der Waals surface area contributed by atoms with Crippen LogP contribution in [-0.4, -0.2) is 60.0 Å².